The molecule has 0 aliphatic heterocycles. The number of methoxy groups -OCH3 is 1. The Morgan fingerprint density at radius 1 is 1.05 bits per heavy atom. The van der Waals surface area contributed by atoms with Crippen LogP contribution in [0.1, 0.15) is 20.8 Å². The van der Waals surface area contributed by atoms with Gasteiger partial charge in [-0.3, -0.25) is 10.1 Å². The van der Waals surface area contributed by atoms with Gasteiger partial charge >= 0.3 is 6.09 Å². The lowest BCUT2D eigenvalue weighted by Gasteiger charge is -2.19. The summed E-state index contributed by atoms with van der Waals surface area (Å²) in [6, 6.07) is 6.71. The Hall–Kier alpha value is -2.08. The van der Waals surface area contributed by atoms with Crippen molar-refractivity contribution in [3.63, 3.8) is 0 Å². The fourth-order valence-corrected chi connectivity index (χ4v) is 1.39. The lowest BCUT2D eigenvalue weighted by Crippen LogP contribution is -2.27. The summed E-state index contributed by atoms with van der Waals surface area (Å²) < 4.78 is 9.85. The van der Waals surface area contributed by atoms with Gasteiger partial charge < -0.3 is 14.8 Å². The number of nitrogens with one attached hydrogen (secondary N) is 2. The molecular weight excluding hydrogens is 260 g/mol. The molecule has 1 rings (SSSR count). The van der Waals surface area contributed by atoms with Crippen molar-refractivity contribution in [3.8, 4) is 0 Å². The average molecular weight is 280 g/mol. The number of rotatable bonds is 4. The highest BCUT2D eigenvalue weighted by Crippen LogP contribution is 2.15. The van der Waals surface area contributed by atoms with E-state index >= 15 is 0 Å². The number of carbonyl (C=O) groups is 2. The Bertz CT molecular complexity index is 463. The first kappa shape index (κ1) is 16.0. The Labute approximate surface area is 118 Å². The van der Waals surface area contributed by atoms with Crippen LogP contribution in [0.5, 0.6) is 0 Å². The molecule has 0 radical (unpaired) electrons. The van der Waals surface area contributed by atoms with Crippen molar-refractivity contribution >= 4 is 23.4 Å². The minimum absolute atomic E-state index is 0.00207. The normalized spacial score (nSPS) is 10.8. The van der Waals surface area contributed by atoms with Gasteiger partial charge in [0.15, 0.2) is 0 Å². The number of ether oxygens (including phenoxy) is 2. The molecule has 0 aromatic heterocycles. The van der Waals surface area contributed by atoms with Crippen LogP contribution in [0.2, 0.25) is 0 Å². The molecule has 6 nitrogen and oxygen atoms in total. The van der Waals surface area contributed by atoms with E-state index in [1.165, 1.54) is 7.11 Å². The molecule has 110 valence electrons. The summed E-state index contributed by atoms with van der Waals surface area (Å²) in [6.45, 7) is 5.38. The van der Waals surface area contributed by atoms with E-state index in [1.54, 1.807) is 45.0 Å². The molecule has 20 heavy (non-hydrogen) atoms. The van der Waals surface area contributed by atoms with E-state index in [0.717, 1.165) is 0 Å². The van der Waals surface area contributed by atoms with E-state index in [2.05, 4.69) is 10.6 Å². The number of hydrogen-bond donors (Lipinski definition) is 2. The van der Waals surface area contributed by atoms with Gasteiger partial charge in [0.05, 0.1) is 0 Å². The van der Waals surface area contributed by atoms with Crippen LogP contribution in [0.3, 0.4) is 0 Å². The minimum atomic E-state index is -0.544. The number of carbonyl (C=O) groups excluding carboxylic acids is 2. The molecule has 1 aromatic carbocycles. The van der Waals surface area contributed by atoms with Crippen LogP contribution < -0.4 is 10.6 Å². The van der Waals surface area contributed by atoms with Crippen molar-refractivity contribution in [1.29, 1.82) is 0 Å². The first-order chi connectivity index (χ1) is 9.30. The lowest BCUT2D eigenvalue weighted by atomic mass is 10.2. The van der Waals surface area contributed by atoms with E-state index in [4.69, 9.17) is 9.47 Å². The van der Waals surface area contributed by atoms with Crippen molar-refractivity contribution in [3.05, 3.63) is 24.3 Å². The van der Waals surface area contributed by atoms with E-state index in [-0.39, 0.29) is 12.5 Å². The van der Waals surface area contributed by atoms with Crippen LogP contribution in [0.25, 0.3) is 0 Å². The maximum atomic E-state index is 11.6. The largest absolute Gasteiger partial charge is 0.444 e. The highest BCUT2D eigenvalue weighted by Gasteiger charge is 2.16. The third-order valence-electron chi connectivity index (χ3n) is 2.09. The predicted molar refractivity (Wildman–Crippen MR) is 76.8 cm³/mol. The molecule has 0 aliphatic rings. The first-order valence-electron chi connectivity index (χ1n) is 6.19. The van der Waals surface area contributed by atoms with Crippen LogP contribution in [0, 0.1) is 0 Å². The molecule has 2 amide bonds. The van der Waals surface area contributed by atoms with Crippen molar-refractivity contribution < 1.29 is 19.1 Å². The summed E-state index contributed by atoms with van der Waals surface area (Å²) in [4.78, 5) is 22.9. The summed E-state index contributed by atoms with van der Waals surface area (Å²) >= 11 is 0. The zero-order valence-electron chi connectivity index (χ0n) is 12.1. The van der Waals surface area contributed by atoms with Gasteiger partial charge in [-0.2, -0.15) is 0 Å². The van der Waals surface area contributed by atoms with E-state index < -0.39 is 11.7 Å². The summed E-state index contributed by atoms with van der Waals surface area (Å²) in [6.07, 6.45) is -0.520. The average Bonchev–Trinajstić information content (AvgIpc) is 2.29. The molecule has 1 aromatic rings. The van der Waals surface area contributed by atoms with Gasteiger partial charge in [0.25, 0.3) is 0 Å². The molecule has 2 N–H and O–H groups in total. The third-order valence-corrected chi connectivity index (χ3v) is 2.09. The topological polar surface area (TPSA) is 76.7 Å². The smallest absolute Gasteiger partial charge is 0.412 e. The van der Waals surface area contributed by atoms with Crippen LogP contribution >= 0.6 is 0 Å². The lowest BCUT2D eigenvalue weighted by molar-refractivity contribution is -0.119. The van der Waals surface area contributed by atoms with Gasteiger partial charge in [-0.15, -0.1) is 0 Å². The molecule has 0 saturated heterocycles. The van der Waals surface area contributed by atoms with E-state index in [9.17, 15) is 9.59 Å². The minimum Gasteiger partial charge on any atom is -0.444 e. The summed E-state index contributed by atoms with van der Waals surface area (Å²) in [5.41, 5.74) is 0.670. The van der Waals surface area contributed by atoms with Crippen LogP contribution in [0.4, 0.5) is 16.2 Å². The predicted octanol–water partition coefficient (Wildman–Crippen LogP) is 2.62. The van der Waals surface area contributed by atoms with Crippen LogP contribution in [-0.4, -0.2) is 31.3 Å². The number of hydrogen-bond acceptors (Lipinski definition) is 4. The second kappa shape index (κ2) is 6.91. The zero-order valence-corrected chi connectivity index (χ0v) is 12.1. The molecule has 0 heterocycles. The second-order valence-electron chi connectivity index (χ2n) is 5.19. The Kier molecular flexibility index (Phi) is 5.52. The van der Waals surface area contributed by atoms with Crippen molar-refractivity contribution in [2.24, 2.45) is 0 Å². The van der Waals surface area contributed by atoms with Crippen molar-refractivity contribution in [1.82, 2.24) is 0 Å². The standard InChI is InChI=1S/C14H20N2O4/c1-14(2,3)20-13(18)16-11-7-5-10(6-8-11)15-12(17)9-19-4/h5-8H,9H2,1-4H3,(H,15,17)(H,16,18). The number of amides is 2. The molecule has 6 heteroatoms. The van der Waals surface area contributed by atoms with Gasteiger partial charge in [-0.1, -0.05) is 0 Å². The molecule has 0 saturated carbocycles. The fourth-order valence-electron chi connectivity index (χ4n) is 1.39. The molecule has 0 unspecified atom stereocenters. The highest BCUT2D eigenvalue weighted by molar-refractivity contribution is 5.92. The van der Waals surface area contributed by atoms with Crippen LogP contribution in [0.15, 0.2) is 24.3 Å². The quantitative estimate of drug-likeness (QED) is 0.888. The summed E-state index contributed by atoms with van der Waals surface area (Å²) in [7, 11) is 1.45. The molecule has 0 spiro atoms. The van der Waals surface area contributed by atoms with Crippen LogP contribution in [-0.2, 0) is 14.3 Å². The van der Waals surface area contributed by atoms with E-state index in [1.807, 2.05) is 0 Å². The number of benzene rings is 1. The van der Waals surface area contributed by atoms with E-state index in [0.29, 0.717) is 11.4 Å². The van der Waals surface area contributed by atoms with Gasteiger partial charge in [0.1, 0.15) is 12.2 Å². The maximum absolute atomic E-state index is 11.6. The Morgan fingerprint density at radius 2 is 1.55 bits per heavy atom. The van der Waals surface area contributed by atoms with Gasteiger partial charge in [-0.05, 0) is 45.0 Å². The van der Waals surface area contributed by atoms with Crippen molar-refractivity contribution in [2.75, 3.05) is 24.4 Å². The Morgan fingerprint density at radius 3 is 2.00 bits per heavy atom. The number of anilines is 2. The Balaban J connectivity index is 2.54. The van der Waals surface area contributed by atoms with Gasteiger partial charge in [0, 0.05) is 18.5 Å². The third kappa shape index (κ3) is 6.19. The SMILES string of the molecule is COCC(=O)Nc1ccc(NC(=O)OC(C)(C)C)cc1. The molecule has 0 atom stereocenters. The summed E-state index contributed by atoms with van der Waals surface area (Å²) in [5, 5.41) is 5.26. The maximum Gasteiger partial charge on any atom is 0.412 e. The molecular formula is C14H20N2O4. The summed E-state index contributed by atoms with van der Waals surface area (Å²) in [5.74, 6) is -0.236. The molecule has 0 aliphatic carbocycles. The van der Waals surface area contributed by atoms with Crippen molar-refractivity contribution in [2.45, 2.75) is 26.4 Å². The highest BCUT2D eigenvalue weighted by atomic mass is 16.6. The molecule has 0 fully saturated rings. The molecule has 0 bridgehead atoms. The fraction of sp³-hybridized carbons (Fsp3) is 0.429. The zero-order chi connectivity index (χ0) is 15.2. The monoisotopic (exact) mass is 280 g/mol. The first-order valence-corrected chi connectivity index (χ1v) is 6.19. The second-order valence-corrected chi connectivity index (χ2v) is 5.19. The van der Waals surface area contributed by atoms with Gasteiger partial charge in [-0.25, -0.2) is 4.79 Å². The van der Waals surface area contributed by atoms with Gasteiger partial charge in [0.2, 0.25) is 5.91 Å².